The zero-order valence-electron chi connectivity index (χ0n) is 40.7. The van der Waals surface area contributed by atoms with Crippen molar-refractivity contribution in [3.63, 3.8) is 0 Å². The molecule has 0 bridgehead atoms. The number of rotatable bonds is 42. The van der Waals surface area contributed by atoms with Crippen LogP contribution in [0.4, 0.5) is 0 Å². The second-order valence-electron chi connectivity index (χ2n) is 17.7. The van der Waals surface area contributed by atoms with Gasteiger partial charge >= 0.3 is 19.8 Å². The fourth-order valence-corrected chi connectivity index (χ4v) is 8.53. The van der Waals surface area contributed by atoms with E-state index in [1.165, 1.54) is 103 Å². The summed E-state index contributed by atoms with van der Waals surface area (Å²) in [5.41, 5.74) is 0. The van der Waals surface area contributed by atoms with E-state index in [4.69, 9.17) is 18.5 Å². The Hall–Kier alpha value is -2.45. The monoisotopic (exact) mass is 955 g/mol. The van der Waals surface area contributed by atoms with Gasteiger partial charge in [0.25, 0.3) is 0 Å². The van der Waals surface area contributed by atoms with Crippen molar-refractivity contribution in [1.82, 2.24) is 0 Å². The molecule has 0 saturated heterocycles. The maximum Gasteiger partial charge on any atom is 0.472 e. The quantitative estimate of drug-likeness (QED) is 0.0146. The molecule has 1 aliphatic rings. The molecule has 6 N–H and O–H groups in total. The third-order valence-corrected chi connectivity index (χ3v) is 12.6. The fourth-order valence-electron chi connectivity index (χ4n) is 7.56. The molecule has 14 heteroatoms. The second-order valence-corrected chi connectivity index (χ2v) is 19.1. The summed E-state index contributed by atoms with van der Waals surface area (Å²) in [4.78, 5) is 35.8. The minimum atomic E-state index is -5.14. The highest BCUT2D eigenvalue weighted by atomic mass is 31.2. The first-order chi connectivity index (χ1) is 31.9. The van der Waals surface area contributed by atoms with Crippen LogP contribution in [0, 0.1) is 0 Å². The Morgan fingerprint density at radius 3 is 1.30 bits per heavy atom. The van der Waals surface area contributed by atoms with Crippen LogP contribution >= 0.6 is 7.82 Å². The Morgan fingerprint density at radius 2 is 0.864 bits per heavy atom. The molecule has 1 aliphatic carbocycles. The highest BCUT2D eigenvalue weighted by molar-refractivity contribution is 7.47. The van der Waals surface area contributed by atoms with Crippen LogP contribution in [0.3, 0.4) is 0 Å². The predicted molar refractivity (Wildman–Crippen MR) is 262 cm³/mol. The number of phosphoric acid groups is 1. The van der Waals surface area contributed by atoms with Gasteiger partial charge in [-0.05, 0) is 51.4 Å². The number of aliphatic hydroxyl groups excluding tert-OH is 5. The lowest BCUT2D eigenvalue weighted by Crippen LogP contribution is -2.64. The first-order valence-corrected chi connectivity index (χ1v) is 27.1. The van der Waals surface area contributed by atoms with E-state index in [1.54, 1.807) is 0 Å². The third kappa shape index (κ3) is 33.1. The van der Waals surface area contributed by atoms with E-state index in [2.05, 4.69) is 62.5 Å². The van der Waals surface area contributed by atoms with Crippen molar-refractivity contribution in [2.75, 3.05) is 13.2 Å². The van der Waals surface area contributed by atoms with Crippen molar-refractivity contribution in [2.45, 2.75) is 243 Å². The number of carbonyl (C=O) groups excluding carboxylic acids is 2. The summed E-state index contributed by atoms with van der Waals surface area (Å²) in [5.74, 6) is -1.16. The number of ether oxygens (including phenoxy) is 2. The third-order valence-electron chi connectivity index (χ3n) is 11.6. The van der Waals surface area contributed by atoms with Crippen molar-refractivity contribution < 1.29 is 63.1 Å². The lowest BCUT2D eigenvalue weighted by Gasteiger charge is -2.41. The van der Waals surface area contributed by atoms with Crippen LogP contribution in [-0.2, 0) is 32.7 Å². The zero-order chi connectivity index (χ0) is 48.5. The molecule has 0 aromatic heterocycles. The molecular formula is C52H91O13P. The molecule has 1 rings (SSSR count). The molecular weight excluding hydrogens is 864 g/mol. The van der Waals surface area contributed by atoms with Gasteiger partial charge in [-0.2, -0.15) is 0 Å². The summed E-state index contributed by atoms with van der Waals surface area (Å²) in [6, 6.07) is 0. The summed E-state index contributed by atoms with van der Waals surface area (Å²) in [5, 5.41) is 50.2. The van der Waals surface area contributed by atoms with Gasteiger partial charge in [-0.3, -0.25) is 18.6 Å². The molecule has 0 amide bonds. The molecule has 0 aromatic rings. The second kappa shape index (κ2) is 41.5. The highest BCUT2D eigenvalue weighted by Crippen LogP contribution is 2.47. The number of carbonyl (C=O) groups is 2. The summed E-state index contributed by atoms with van der Waals surface area (Å²) >= 11 is 0. The van der Waals surface area contributed by atoms with E-state index in [-0.39, 0.29) is 12.8 Å². The number of hydrogen-bond acceptors (Lipinski definition) is 12. The maximum absolute atomic E-state index is 12.8. The maximum atomic E-state index is 12.8. The topological polar surface area (TPSA) is 210 Å². The van der Waals surface area contributed by atoms with Gasteiger partial charge in [0, 0.05) is 12.8 Å². The Kier molecular flexibility index (Phi) is 38.7. The first kappa shape index (κ1) is 61.6. The van der Waals surface area contributed by atoms with Crippen LogP contribution in [0.2, 0.25) is 0 Å². The average Bonchev–Trinajstić information content (AvgIpc) is 3.30. The lowest BCUT2D eigenvalue weighted by atomic mass is 9.85. The SMILES string of the molecule is CC/C=C/C/C=C/C/C=C/C/C=C/C/C=C/CCCC(=O)O[C@@H](COC(=O)CCCCCCCCCCCCCCCCCCCCCC)COP(=O)(O)OC1C(O)C(O)C(O)[C@H](O)C1O. The van der Waals surface area contributed by atoms with Crippen molar-refractivity contribution >= 4 is 19.8 Å². The van der Waals surface area contributed by atoms with Gasteiger partial charge < -0.3 is 39.9 Å². The standard InChI is InChI=1S/C52H91O13P/c1-3-5-7-9-11-13-15-17-19-21-22-23-25-26-28-30-32-34-36-38-40-45(53)62-42-44(43-63-66(60,61)65-52-50(58)48(56)47(55)49(57)51(52)59)64-46(54)41-39-37-35-33-31-29-27-24-20-18-16-14-12-10-8-6-4-2/h6,8,12,14,18,20,27,29,33,35,44,47-52,55-59H,3-5,7,9-11,13,15-17,19,21-26,28,30-32,34,36-43H2,1-2H3,(H,60,61)/b8-6+,14-12+,20-18+,29-27+,35-33+/t44-,47?,48-,49?,50?,51?,52?/m0/s1. The van der Waals surface area contributed by atoms with Crippen molar-refractivity contribution in [1.29, 1.82) is 0 Å². The summed E-state index contributed by atoms with van der Waals surface area (Å²) in [7, 11) is -5.14. The summed E-state index contributed by atoms with van der Waals surface area (Å²) in [6.45, 7) is 3.16. The molecule has 66 heavy (non-hydrogen) atoms. The number of aliphatic hydroxyl groups is 5. The zero-order valence-corrected chi connectivity index (χ0v) is 41.6. The van der Waals surface area contributed by atoms with E-state index in [1.807, 2.05) is 12.2 Å². The van der Waals surface area contributed by atoms with Crippen LogP contribution < -0.4 is 0 Å². The molecule has 0 aromatic carbocycles. The van der Waals surface area contributed by atoms with Gasteiger partial charge in [0.2, 0.25) is 0 Å². The first-order valence-electron chi connectivity index (χ1n) is 25.6. The molecule has 6 unspecified atom stereocenters. The van der Waals surface area contributed by atoms with E-state index >= 15 is 0 Å². The van der Waals surface area contributed by atoms with Crippen LogP contribution in [0.25, 0.3) is 0 Å². The van der Waals surface area contributed by atoms with Crippen LogP contribution in [0.5, 0.6) is 0 Å². The van der Waals surface area contributed by atoms with Crippen LogP contribution in [0.15, 0.2) is 60.8 Å². The average molecular weight is 955 g/mol. The molecule has 0 spiro atoms. The van der Waals surface area contributed by atoms with E-state index in [9.17, 15) is 44.6 Å². The predicted octanol–water partition coefficient (Wildman–Crippen LogP) is 10.9. The molecule has 1 saturated carbocycles. The molecule has 1 fully saturated rings. The minimum absolute atomic E-state index is 0.0179. The van der Waals surface area contributed by atoms with Crippen molar-refractivity contribution in [3.8, 4) is 0 Å². The Morgan fingerprint density at radius 1 is 0.485 bits per heavy atom. The highest BCUT2D eigenvalue weighted by Gasteiger charge is 2.51. The van der Waals surface area contributed by atoms with Gasteiger partial charge in [-0.15, -0.1) is 0 Å². The van der Waals surface area contributed by atoms with E-state index < -0.39 is 75.7 Å². The van der Waals surface area contributed by atoms with Gasteiger partial charge in [-0.1, -0.05) is 197 Å². The molecule has 0 heterocycles. The van der Waals surface area contributed by atoms with Gasteiger partial charge in [0.05, 0.1) is 6.61 Å². The molecule has 13 nitrogen and oxygen atoms in total. The Balaban J connectivity index is 2.43. The summed E-state index contributed by atoms with van der Waals surface area (Å²) < 4.78 is 33.6. The number of phosphoric ester groups is 1. The smallest absolute Gasteiger partial charge is 0.462 e. The molecule has 382 valence electrons. The minimum Gasteiger partial charge on any atom is -0.462 e. The van der Waals surface area contributed by atoms with E-state index in [0.717, 1.165) is 51.4 Å². The molecule has 8 atom stereocenters. The van der Waals surface area contributed by atoms with Crippen molar-refractivity contribution in [2.24, 2.45) is 0 Å². The Bertz CT molecular complexity index is 1380. The number of allylic oxidation sites excluding steroid dienone is 10. The van der Waals surface area contributed by atoms with Crippen LogP contribution in [0.1, 0.15) is 200 Å². The number of unbranched alkanes of at least 4 members (excludes halogenated alkanes) is 20. The lowest BCUT2D eigenvalue weighted by molar-refractivity contribution is -0.220. The molecule has 0 aliphatic heterocycles. The normalized spacial score (nSPS) is 21.8. The van der Waals surface area contributed by atoms with E-state index in [0.29, 0.717) is 19.3 Å². The van der Waals surface area contributed by atoms with Gasteiger partial charge in [0.1, 0.15) is 43.2 Å². The number of esters is 2. The van der Waals surface area contributed by atoms with Crippen LogP contribution in [-0.4, -0.2) is 98.3 Å². The largest absolute Gasteiger partial charge is 0.472 e. The fraction of sp³-hybridized carbons (Fsp3) is 0.769. The molecule has 0 radical (unpaired) electrons. The summed E-state index contributed by atoms with van der Waals surface area (Å²) in [6.07, 6.45) is 38.5. The number of hydrogen-bond donors (Lipinski definition) is 6. The Labute approximate surface area is 398 Å². The van der Waals surface area contributed by atoms with Gasteiger partial charge in [-0.25, -0.2) is 4.57 Å². The van der Waals surface area contributed by atoms with Crippen molar-refractivity contribution in [3.05, 3.63) is 60.8 Å². The van der Waals surface area contributed by atoms with Gasteiger partial charge in [0.15, 0.2) is 6.10 Å².